The standard InChI is InChI=1S/C30H32ClF3N10O4/c1-5-20-24(41-8-10-42(11-9-41)26(47)23-25(46)15(2)35-14-36-23)27(48)44-29(38-28(39-44)40(3)4)43(20)13-21(45)37-22-17-7-6-16(17)18(12-19(22)31)30(32,33)34/h12,14,46H,5-11,13H2,1-4H3,(H,37,45). The van der Waals surface area contributed by atoms with Crippen LogP contribution in [0.5, 0.6) is 5.75 Å². The summed E-state index contributed by atoms with van der Waals surface area (Å²) < 4.78 is 43.4. The summed E-state index contributed by atoms with van der Waals surface area (Å²) in [6.45, 7) is 3.96. The molecule has 4 heterocycles. The van der Waals surface area contributed by atoms with Gasteiger partial charge in [-0.05, 0) is 43.4 Å². The SMILES string of the molecule is CCc1c(N2CCN(C(=O)c3ncnc(C)c3O)CC2)c(=O)n2nc(N(C)C)nc2n1CC(=O)Nc1c(Cl)cc(C(F)(F)F)c2c1CC2. The van der Waals surface area contributed by atoms with Crippen LogP contribution in [-0.4, -0.2) is 91.2 Å². The van der Waals surface area contributed by atoms with Crippen molar-refractivity contribution in [3.05, 3.63) is 61.5 Å². The quantitative estimate of drug-likeness (QED) is 0.296. The number of piperazine rings is 1. The number of hydrogen-bond donors (Lipinski definition) is 2. The number of rotatable bonds is 7. The predicted octanol–water partition coefficient (Wildman–Crippen LogP) is 2.70. The molecule has 254 valence electrons. The van der Waals surface area contributed by atoms with Crippen LogP contribution in [0.3, 0.4) is 0 Å². The Labute approximate surface area is 276 Å². The minimum atomic E-state index is -4.57. The van der Waals surface area contributed by atoms with Gasteiger partial charge in [0, 0.05) is 40.3 Å². The monoisotopic (exact) mass is 688 g/mol. The van der Waals surface area contributed by atoms with Crippen molar-refractivity contribution < 1.29 is 27.9 Å². The Morgan fingerprint density at radius 2 is 1.79 bits per heavy atom. The number of carbonyl (C=O) groups is 2. The fourth-order valence-corrected chi connectivity index (χ4v) is 6.37. The van der Waals surface area contributed by atoms with Gasteiger partial charge in [-0.1, -0.05) is 18.5 Å². The molecule has 6 rings (SSSR count). The number of halogens is 4. The zero-order chi connectivity index (χ0) is 34.7. The molecule has 3 aromatic heterocycles. The van der Waals surface area contributed by atoms with Gasteiger partial charge in [-0.15, -0.1) is 5.10 Å². The number of aromatic hydroxyl groups is 1. The summed E-state index contributed by atoms with van der Waals surface area (Å²) in [5.74, 6) is -1.01. The molecular weight excluding hydrogens is 657 g/mol. The molecule has 1 saturated heterocycles. The number of hydrogen-bond acceptors (Lipinski definition) is 10. The molecule has 4 aromatic rings. The maximum atomic E-state index is 14.0. The first-order valence-corrected chi connectivity index (χ1v) is 15.5. The number of alkyl halides is 3. The van der Waals surface area contributed by atoms with Gasteiger partial charge in [0.1, 0.15) is 18.6 Å². The number of carbonyl (C=O) groups excluding carboxylic acids is 2. The van der Waals surface area contributed by atoms with Crippen molar-refractivity contribution in [2.24, 2.45) is 0 Å². The summed E-state index contributed by atoms with van der Waals surface area (Å²) in [7, 11) is 3.41. The van der Waals surface area contributed by atoms with Gasteiger partial charge < -0.3 is 29.7 Å². The second-order valence-corrected chi connectivity index (χ2v) is 12.2. The third kappa shape index (κ3) is 5.65. The molecule has 0 radical (unpaired) electrons. The topological polar surface area (TPSA) is 154 Å². The van der Waals surface area contributed by atoms with Crippen LogP contribution < -0.4 is 20.7 Å². The molecule has 1 aliphatic carbocycles. The van der Waals surface area contributed by atoms with Crippen molar-refractivity contribution in [2.75, 3.05) is 55.4 Å². The highest BCUT2D eigenvalue weighted by Gasteiger charge is 2.39. The minimum Gasteiger partial charge on any atom is -0.504 e. The number of aromatic nitrogens is 6. The molecule has 0 spiro atoms. The summed E-state index contributed by atoms with van der Waals surface area (Å²) in [5.41, 5.74) is 0.242. The number of aryl methyl sites for hydroxylation is 1. The van der Waals surface area contributed by atoms with E-state index in [-0.39, 0.29) is 90.0 Å². The van der Waals surface area contributed by atoms with Gasteiger partial charge in [0.25, 0.3) is 11.5 Å². The zero-order valence-corrected chi connectivity index (χ0v) is 27.3. The van der Waals surface area contributed by atoms with Crippen molar-refractivity contribution >= 4 is 46.5 Å². The van der Waals surface area contributed by atoms with Crippen molar-refractivity contribution in [3.63, 3.8) is 0 Å². The van der Waals surface area contributed by atoms with E-state index in [1.54, 1.807) is 30.5 Å². The Bertz CT molecular complexity index is 2020. The molecular formula is C30H32ClF3N10O4. The van der Waals surface area contributed by atoms with Gasteiger partial charge in [-0.3, -0.25) is 14.4 Å². The third-order valence-electron chi connectivity index (χ3n) is 8.64. The highest BCUT2D eigenvalue weighted by Crippen LogP contribution is 2.44. The van der Waals surface area contributed by atoms with E-state index in [1.165, 1.54) is 11.2 Å². The van der Waals surface area contributed by atoms with E-state index in [9.17, 15) is 32.7 Å². The normalized spacial score (nSPS) is 14.6. The maximum Gasteiger partial charge on any atom is 0.416 e. The van der Waals surface area contributed by atoms with Crippen LogP contribution >= 0.6 is 11.6 Å². The van der Waals surface area contributed by atoms with Crippen LogP contribution in [0.4, 0.5) is 30.5 Å². The molecule has 0 saturated carbocycles. The van der Waals surface area contributed by atoms with E-state index in [0.29, 0.717) is 24.1 Å². The van der Waals surface area contributed by atoms with Crippen molar-refractivity contribution in [3.8, 4) is 5.75 Å². The van der Waals surface area contributed by atoms with Gasteiger partial charge in [-0.25, -0.2) is 9.97 Å². The summed E-state index contributed by atoms with van der Waals surface area (Å²) in [4.78, 5) is 58.0. The van der Waals surface area contributed by atoms with Gasteiger partial charge in [0.2, 0.25) is 17.6 Å². The molecule has 14 nitrogen and oxygen atoms in total. The molecule has 0 unspecified atom stereocenters. The molecule has 48 heavy (non-hydrogen) atoms. The Morgan fingerprint density at radius 3 is 2.40 bits per heavy atom. The first kappa shape index (κ1) is 33.0. The molecule has 1 aliphatic heterocycles. The fraction of sp³-hybridized carbons (Fsp3) is 0.433. The molecule has 2 amide bonds. The Morgan fingerprint density at radius 1 is 1.10 bits per heavy atom. The highest BCUT2D eigenvalue weighted by atomic mass is 35.5. The van der Waals surface area contributed by atoms with Crippen molar-refractivity contribution in [1.82, 2.24) is 34.0 Å². The summed E-state index contributed by atoms with van der Waals surface area (Å²) in [6, 6.07) is 0.835. The second-order valence-electron chi connectivity index (χ2n) is 11.8. The van der Waals surface area contributed by atoms with Crippen LogP contribution in [-0.2, 0) is 36.8 Å². The summed E-state index contributed by atoms with van der Waals surface area (Å²) >= 11 is 6.27. The average Bonchev–Trinajstić information content (AvgIpc) is 3.48. The van der Waals surface area contributed by atoms with E-state index < -0.39 is 29.1 Å². The Kier molecular flexibility index (Phi) is 8.43. The lowest BCUT2D eigenvalue weighted by Gasteiger charge is -2.36. The number of fused-ring (bicyclic) bond motifs is 2. The van der Waals surface area contributed by atoms with Gasteiger partial charge in [0.15, 0.2) is 11.4 Å². The van der Waals surface area contributed by atoms with E-state index in [0.717, 1.165) is 10.6 Å². The van der Waals surface area contributed by atoms with Gasteiger partial charge in [0.05, 0.1) is 27.7 Å². The summed E-state index contributed by atoms with van der Waals surface area (Å²) in [5, 5.41) is 17.2. The fourth-order valence-electron chi connectivity index (χ4n) is 6.10. The lowest BCUT2D eigenvalue weighted by molar-refractivity contribution is -0.138. The second kappa shape index (κ2) is 12.3. The molecule has 2 N–H and O–H groups in total. The number of amides is 2. The lowest BCUT2D eigenvalue weighted by atomic mass is 9.83. The van der Waals surface area contributed by atoms with Gasteiger partial charge in [-0.2, -0.15) is 22.7 Å². The van der Waals surface area contributed by atoms with Crippen LogP contribution in [0.15, 0.2) is 17.2 Å². The highest BCUT2D eigenvalue weighted by molar-refractivity contribution is 6.34. The lowest BCUT2D eigenvalue weighted by Crippen LogP contribution is -2.51. The van der Waals surface area contributed by atoms with E-state index >= 15 is 0 Å². The smallest absolute Gasteiger partial charge is 0.416 e. The van der Waals surface area contributed by atoms with E-state index in [4.69, 9.17) is 11.6 Å². The van der Waals surface area contributed by atoms with Crippen LogP contribution in [0.1, 0.15) is 45.5 Å². The Balaban J connectivity index is 1.33. The number of benzene rings is 1. The third-order valence-corrected chi connectivity index (χ3v) is 8.94. The molecule has 2 aliphatic rings. The van der Waals surface area contributed by atoms with Gasteiger partial charge >= 0.3 is 6.18 Å². The van der Waals surface area contributed by atoms with Crippen LogP contribution in [0.25, 0.3) is 5.78 Å². The predicted molar refractivity (Wildman–Crippen MR) is 170 cm³/mol. The summed E-state index contributed by atoms with van der Waals surface area (Å²) in [6.07, 6.45) is -2.50. The minimum absolute atomic E-state index is 0.106. The first-order chi connectivity index (χ1) is 22.7. The molecule has 0 atom stereocenters. The number of nitrogens with one attached hydrogen (secondary N) is 1. The molecule has 0 bridgehead atoms. The maximum absolute atomic E-state index is 14.0. The van der Waals surface area contributed by atoms with E-state index in [2.05, 4.69) is 25.4 Å². The molecule has 1 fully saturated rings. The number of anilines is 3. The van der Waals surface area contributed by atoms with Crippen molar-refractivity contribution in [2.45, 2.75) is 45.8 Å². The first-order valence-electron chi connectivity index (χ1n) is 15.2. The number of nitrogens with zero attached hydrogens (tertiary/aromatic N) is 9. The largest absolute Gasteiger partial charge is 0.504 e. The Hall–Kier alpha value is -4.93. The van der Waals surface area contributed by atoms with Crippen LogP contribution in [0.2, 0.25) is 5.02 Å². The zero-order valence-electron chi connectivity index (χ0n) is 26.5. The molecule has 1 aromatic carbocycles. The average molecular weight is 689 g/mol. The van der Waals surface area contributed by atoms with Crippen molar-refractivity contribution in [1.29, 1.82) is 0 Å². The van der Waals surface area contributed by atoms with E-state index in [1.807, 2.05) is 11.8 Å². The molecule has 18 heteroatoms. The van der Waals surface area contributed by atoms with Crippen LogP contribution in [0, 0.1) is 6.92 Å².